The standard InChI is InChI=1S/C40H33N3O7S2/c1-2-49-39(47)21-14-16-22(17-15-21)43-37(45)32-25-18-26(33(32)38(43)46)34-31(25)30(35-36(51-34)42-40(48)52-35)24-11-5-6-13-28(24)50-19-29(44)41-27-12-7-9-20-8-3-4-10-23(20)27/h3-17,25-26,30-34H,2,18-19H2,1H3,(H,41,44)(H,42,48)/t25-,26-,30+,31-,32+,33+,34-/m1/s1. The number of rotatable bonds is 8. The van der Waals surface area contributed by atoms with Gasteiger partial charge in [0.15, 0.2) is 6.61 Å². The number of ether oxygens (including phenoxy) is 2. The van der Waals surface area contributed by atoms with Crippen molar-refractivity contribution >= 4 is 68.9 Å². The first-order chi connectivity index (χ1) is 25.3. The van der Waals surface area contributed by atoms with Crippen molar-refractivity contribution in [1.82, 2.24) is 4.98 Å². The van der Waals surface area contributed by atoms with Crippen molar-refractivity contribution in [1.29, 1.82) is 0 Å². The number of fused-ring (bicyclic) bond motifs is 10. The van der Waals surface area contributed by atoms with Gasteiger partial charge in [0.05, 0.1) is 34.7 Å². The molecule has 4 aliphatic rings. The number of amides is 3. The van der Waals surface area contributed by atoms with Crippen LogP contribution in [0.4, 0.5) is 11.4 Å². The first-order valence-electron chi connectivity index (χ1n) is 17.4. The highest BCUT2D eigenvalue weighted by Crippen LogP contribution is 2.69. The van der Waals surface area contributed by atoms with Crippen molar-refractivity contribution in [2.24, 2.45) is 29.6 Å². The topological polar surface area (TPSA) is 135 Å². The highest BCUT2D eigenvalue weighted by Gasteiger charge is 2.69. The van der Waals surface area contributed by atoms with Crippen LogP contribution in [0, 0.1) is 29.6 Å². The van der Waals surface area contributed by atoms with Crippen LogP contribution in [0.5, 0.6) is 5.75 Å². The number of nitrogens with one attached hydrogen (secondary N) is 2. The third kappa shape index (κ3) is 5.18. The minimum Gasteiger partial charge on any atom is -0.483 e. The monoisotopic (exact) mass is 731 g/mol. The second-order valence-corrected chi connectivity index (χ2v) is 15.8. The van der Waals surface area contributed by atoms with Gasteiger partial charge in [0.25, 0.3) is 5.91 Å². The van der Waals surface area contributed by atoms with E-state index in [4.69, 9.17) is 9.47 Å². The Hall–Kier alpha value is -5.20. The molecular formula is C40H33N3O7S2. The zero-order chi connectivity index (χ0) is 35.7. The van der Waals surface area contributed by atoms with Gasteiger partial charge in [-0.05, 0) is 72.9 Å². The summed E-state index contributed by atoms with van der Waals surface area (Å²) in [5.41, 5.74) is 2.33. The van der Waals surface area contributed by atoms with Gasteiger partial charge in [-0.25, -0.2) is 4.79 Å². The van der Waals surface area contributed by atoms with E-state index in [-0.39, 0.29) is 64.7 Å². The lowest BCUT2D eigenvalue weighted by atomic mass is 9.68. The van der Waals surface area contributed by atoms with Crippen LogP contribution in [0.25, 0.3) is 10.8 Å². The molecule has 12 heteroatoms. The van der Waals surface area contributed by atoms with Gasteiger partial charge in [-0.3, -0.25) is 24.1 Å². The number of hydrogen-bond donors (Lipinski definition) is 2. The van der Waals surface area contributed by atoms with Gasteiger partial charge in [0, 0.05) is 32.7 Å². The smallest absolute Gasteiger partial charge is 0.338 e. The van der Waals surface area contributed by atoms with E-state index in [9.17, 15) is 24.0 Å². The van der Waals surface area contributed by atoms with Crippen molar-refractivity contribution in [3.8, 4) is 5.75 Å². The molecule has 52 heavy (non-hydrogen) atoms. The van der Waals surface area contributed by atoms with E-state index >= 15 is 0 Å². The molecule has 2 saturated carbocycles. The maximum atomic E-state index is 14.2. The number of thioether (sulfide) groups is 1. The lowest BCUT2D eigenvalue weighted by Gasteiger charge is -2.43. The van der Waals surface area contributed by atoms with Crippen LogP contribution in [0.15, 0.2) is 101 Å². The molecule has 0 spiro atoms. The average molecular weight is 732 g/mol. The van der Waals surface area contributed by atoms with Crippen LogP contribution >= 0.6 is 23.1 Å². The van der Waals surface area contributed by atoms with Crippen LogP contribution < -0.4 is 19.8 Å². The summed E-state index contributed by atoms with van der Waals surface area (Å²) in [7, 11) is 0. The summed E-state index contributed by atoms with van der Waals surface area (Å²) in [5, 5.41) is 5.71. The van der Waals surface area contributed by atoms with Gasteiger partial charge < -0.3 is 19.8 Å². The summed E-state index contributed by atoms with van der Waals surface area (Å²) in [6.45, 7) is 1.76. The van der Waals surface area contributed by atoms with E-state index < -0.39 is 17.8 Å². The summed E-state index contributed by atoms with van der Waals surface area (Å²) >= 11 is 2.78. The van der Waals surface area contributed by atoms with E-state index in [1.54, 1.807) is 43.0 Å². The minimum absolute atomic E-state index is 0.0143. The number of H-pyrrole nitrogens is 1. The molecule has 2 N–H and O–H groups in total. The number of carbonyl (C=O) groups is 4. The number of aromatic nitrogens is 1. The number of hydrogen-bond acceptors (Lipinski definition) is 9. The number of nitrogens with zero attached hydrogens (tertiary/aromatic N) is 1. The number of benzene rings is 4. The Morgan fingerprint density at radius 1 is 0.885 bits per heavy atom. The van der Waals surface area contributed by atoms with Crippen molar-refractivity contribution in [3.05, 3.63) is 117 Å². The fourth-order valence-electron chi connectivity index (χ4n) is 9.11. The van der Waals surface area contributed by atoms with Crippen LogP contribution in [-0.2, 0) is 19.1 Å². The first-order valence-corrected chi connectivity index (χ1v) is 19.1. The fraction of sp³-hybridized carbons (Fsp3) is 0.275. The molecule has 3 heterocycles. The number of imide groups is 1. The van der Waals surface area contributed by atoms with Crippen molar-refractivity contribution in [2.45, 2.75) is 29.5 Å². The maximum absolute atomic E-state index is 14.2. The molecule has 0 unspecified atom stereocenters. The lowest BCUT2D eigenvalue weighted by molar-refractivity contribution is -0.123. The molecule has 7 atom stereocenters. The Balaban J connectivity index is 1.01. The number of aromatic amines is 1. The van der Waals surface area contributed by atoms with E-state index in [1.165, 1.54) is 16.2 Å². The molecule has 2 aliphatic heterocycles. The fourth-order valence-corrected chi connectivity index (χ4v) is 12.0. The van der Waals surface area contributed by atoms with Gasteiger partial charge in [-0.2, -0.15) is 0 Å². The quantitative estimate of drug-likeness (QED) is 0.137. The zero-order valence-corrected chi connectivity index (χ0v) is 29.6. The van der Waals surface area contributed by atoms with Crippen molar-refractivity contribution in [3.63, 3.8) is 0 Å². The number of anilines is 2. The Morgan fingerprint density at radius 2 is 1.62 bits per heavy atom. The molecule has 1 aromatic heterocycles. The largest absolute Gasteiger partial charge is 0.483 e. The van der Waals surface area contributed by atoms with Gasteiger partial charge in [-0.1, -0.05) is 65.9 Å². The van der Waals surface area contributed by atoms with E-state index in [1.807, 2.05) is 66.7 Å². The Bertz CT molecular complexity index is 2330. The lowest BCUT2D eigenvalue weighted by Crippen LogP contribution is -2.42. The number of carbonyl (C=O) groups excluding carboxylic acids is 4. The molecule has 10 nitrogen and oxygen atoms in total. The SMILES string of the molecule is CCOC(=O)c1ccc(N2C(=O)[C@H]3[C@H]4C[C@@H]([C@@H]3C2=O)[C@@H]2[C@H](c3ccccc3OCC(=O)Nc3cccc5ccccc35)c3sc(=O)[nH]c3S[C@H]42)cc1. The van der Waals surface area contributed by atoms with Gasteiger partial charge in [0.1, 0.15) is 5.75 Å². The van der Waals surface area contributed by atoms with Gasteiger partial charge in [0.2, 0.25) is 11.8 Å². The van der Waals surface area contributed by atoms with Crippen LogP contribution in [0.3, 0.4) is 0 Å². The molecule has 3 fully saturated rings. The average Bonchev–Trinajstić information content (AvgIpc) is 3.90. The van der Waals surface area contributed by atoms with Gasteiger partial charge >= 0.3 is 10.8 Å². The summed E-state index contributed by atoms with van der Waals surface area (Å²) in [6.07, 6.45) is 0.733. The normalized spacial score (nSPS) is 25.5. The van der Waals surface area contributed by atoms with Crippen molar-refractivity contribution in [2.75, 3.05) is 23.4 Å². The summed E-state index contributed by atoms with van der Waals surface area (Å²) in [6, 6.07) is 27.6. The summed E-state index contributed by atoms with van der Waals surface area (Å²) < 4.78 is 11.4. The van der Waals surface area contributed by atoms with E-state index in [2.05, 4.69) is 10.3 Å². The Labute approximate surface area is 306 Å². The molecule has 2 bridgehead atoms. The first kappa shape index (κ1) is 32.7. The molecule has 2 aliphatic carbocycles. The number of esters is 1. The maximum Gasteiger partial charge on any atom is 0.338 e. The minimum atomic E-state index is -0.497. The van der Waals surface area contributed by atoms with Crippen LogP contribution in [0.2, 0.25) is 0 Å². The van der Waals surface area contributed by atoms with Crippen LogP contribution in [-0.4, -0.2) is 47.1 Å². The molecule has 5 aromatic rings. The third-order valence-electron chi connectivity index (χ3n) is 11.0. The number of para-hydroxylation sites is 1. The molecule has 1 saturated heterocycles. The second kappa shape index (κ2) is 12.8. The predicted octanol–water partition coefficient (Wildman–Crippen LogP) is 6.46. The van der Waals surface area contributed by atoms with E-state index in [0.29, 0.717) is 22.7 Å². The highest BCUT2D eigenvalue weighted by molar-refractivity contribution is 8.00. The Morgan fingerprint density at radius 3 is 2.42 bits per heavy atom. The second-order valence-electron chi connectivity index (χ2n) is 13.6. The Kier molecular flexibility index (Phi) is 8.04. The van der Waals surface area contributed by atoms with Gasteiger partial charge in [-0.15, -0.1) is 11.8 Å². The van der Waals surface area contributed by atoms with E-state index in [0.717, 1.165) is 32.7 Å². The molecule has 3 amide bonds. The third-order valence-corrected chi connectivity index (χ3v) is 13.6. The predicted molar refractivity (Wildman–Crippen MR) is 198 cm³/mol. The molecule has 4 aromatic carbocycles. The molecular weight excluding hydrogens is 699 g/mol. The molecule has 262 valence electrons. The van der Waals surface area contributed by atoms with Crippen molar-refractivity contribution < 1.29 is 28.7 Å². The summed E-state index contributed by atoms with van der Waals surface area (Å²) in [4.78, 5) is 71.7. The summed E-state index contributed by atoms with van der Waals surface area (Å²) in [5.74, 6) is -2.13. The molecule has 9 rings (SSSR count). The number of thiazole rings is 1. The molecule has 0 radical (unpaired) electrons. The highest BCUT2D eigenvalue weighted by atomic mass is 32.2. The van der Waals surface area contributed by atoms with Crippen LogP contribution in [0.1, 0.15) is 40.1 Å². The zero-order valence-electron chi connectivity index (χ0n) is 27.9.